The van der Waals surface area contributed by atoms with E-state index in [2.05, 4.69) is 11.8 Å². The van der Waals surface area contributed by atoms with Gasteiger partial charge in [-0.3, -0.25) is 4.90 Å². The van der Waals surface area contributed by atoms with E-state index in [9.17, 15) is 5.11 Å². The third kappa shape index (κ3) is 4.31. The average Bonchev–Trinajstić information content (AvgIpc) is 2.35. The summed E-state index contributed by atoms with van der Waals surface area (Å²) in [6.45, 7) is 5.23. The molecule has 0 saturated carbocycles. The molecule has 0 heterocycles. The van der Waals surface area contributed by atoms with Crippen molar-refractivity contribution in [3.63, 3.8) is 0 Å². The van der Waals surface area contributed by atoms with Crippen LogP contribution >= 0.6 is 0 Å². The van der Waals surface area contributed by atoms with Crippen LogP contribution in [0.15, 0.2) is 30.3 Å². The summed E-state index contributed by atoms with van der Waals surface area (Å²) >= 11 is 0. The number of rotatable bonds is 7. The highest BCUT2D eigenvalue weighted by Gasteiger charge is 2.11. The molecule has 1 unspecified atom stereocenters. The van der Waals surface area contributed by atoms with Gasteiger partial charge in [0, 0.05) is 20.2 Å². The summed E-state index contributed by atoms with van der Waals surface area (Å²) in [5, 5.41) is 10.0. The van der Waals surface area contributed by atoms with Gasteiger partial charge in [0.15, 0.2) is 0 Å². The number of benzene rings is 1. The van der Waals surface area contributed by atoms with Gasteiger partial charge in [-0.1, -0.05) is 37.3 Å². The molecular weight excluding hydrogens is 202 g/mol. The fourth-order valence-corrected chi connectivity index (χ4v) is 1.62. The fourth-order valence-electron chi connectivity index (χ4n) is 1.62. The quantitative estimate of drug-likeness (QED) is 0.763. The van der Waals surface area contributed by atoms with Crippen LogP contribution < -0.4 is 0 Å². The van der Waals surface area contributed by atoms with Crippen LogP contribution in [0.25, 0.3) is 0 Å². The lowest BCUT2D eigenvalue weighted by atomic mass is 10.1. The second-order valence-electron chi connectivity index (χ2n) is 3.81. The molecular formula is C13H21NO2. The number of methoxy groups -OCH3 is 1. The second-order valence-corrected chi connectivity index (χ2v) is 3.81. The Morgan fingerprint density at radius 3 is 2.56 bits per heavy atom. The molecule has 0 saturated heterocycles. The van der Waals surface area contributed by atoms with Gasteiger partial charge in [-0.25, -0.2) is 0 Å². The van der Waals surface area contributed by atoms with E-state index in [4.69, 9.17) is 4.74 Å². The molecule has 0 aromatic heterocycles. The van der Waals surface area contributed by atoms with E-state index < -0.39 is 6.10 Å². The number of likely N-dealkylation sites (N-methyl/N-ethyl adjacent to an activating group) is 1. The molecule has 1 aromatic rings. The molecule has 0 spiro atoms. The number of aliphatic hydroxyl groups is 1. The van der Waals surface area contributed by atoms with Crippen molar-refractivity contribution in [2.45, 2.75) is 13.0 Å². The molecule has 1 rings (SSSR count). The molecule has 0 amide bonds. The Morgan fingerprint density at radius 2 is 2.00 bits per heavy atom. The minimum absolute atomic E-state index is 0.419. The van der Waals surface area contributed by atoms with Gasteiger partial charge >= 0.3 is 0 Å². The third-order valence-corrected chi connectivity index (χ3v) is 2.67. The first-order valence-electron chi connectivity index (χ1n) is 5.72. The van der Waals surface area contributed by atoms with E-state index in [0.717, 1.165) is 18.7 Å². The molecule has 0 aliphatic heterocycles. The van der Waals surface area contributed by atoms with Crippen LogP contribution in [0.1, 0.15) is 18.6 Å². The lowest BCUT2D eigenvalue weighted by molar-refractivity contribution is 0.0921. The molecule has 1 N–H and O–H groups in total. The first-order valence-corrected chi connectivity index (χ1v) is 5.72. The molecule has 0 aliphatic carbocycles. The van der Waals surface area contributed by atoms with Crippen LogP contribution in [0, 0.1) is 0 Å². The SMILES string of the molecule is CCN(CCOC)CC(O)c1ccccc1. The van der Waals surface area contributed by atoms with Crippen LogP contribution in [0.3, 0.4) is 0 Å². The van der Waals surface area contributed by atoms with Gasteiger partial charge < -0.3 is 9.84 Å². The van der Waals surface area contributed by atoms with E-state index in [-0.39, 0.29) is 0 Å². The van der Waals surface area contributed by atoms with Gasteiger partial charge in [0.05, 0.1) is 12.7 Å². The maximum absolute atomic E-state index is 10.0. The molecule has 16 heavy (non-hydrogen) atoms. The van der Waals surface area contributed by atoms with Crippen molar-refractivity contribution in [1.82, 2.24) is 4.90 Å². The van der Waals surface area contributed by atoms with Crippen molar-refractivity contribution < 1.29 is 9.84 Å². The van der Waals surface area contributed by atoms with Crippen LogP contribution in [-0.2, 0) is 4.74 Å². The Kier molecular flexibility index (Phi) is 6.08. The zero-order valence-electron chi connectivity index (χ0n) is 10.1. The van der Waals surface area contributed by atoms with Gasteiger partial charge in [-0.2, -0.15) is 0 Å². The minimum atomic E-state index is -0.419. The topological polar surface area (TPSA) is 32.7 Å². The van der Waals surface area contributed by atoms with Crippen molar-refractivity contribution in [2.75, 3.05) is 33.4 Å². The zero-order chi connectivity index (χ0) is 11.8. The van der Waals surface area contributed by atoms with Crippen LogP contribution in [0.2, 0.25) is 0 Å². The first kappa shape index (κ1) is 13.2. The molecule has 0 radical (unpaired) electrons. The van der Waals surface area contributed by atoms with E-state index in [0.29, 0.717) is 13.2 Å². The zero-order valence-corrected chi connectivity index (χ0v) is 10.1. The Morgan fingerprint density at radius 1 is 1.31 bits per heavy atom. The normalized spacial score (nSPS) is 13.0. The summed E-state index contributed by atoms with van der Waals surface area (Å²) in [4.78, 5) is 2.18. The monoisotopic (exact) mass is 223 g/mol. The van der Waals surface area contributed by atoms with Crippen LogP contribution in [0.5, 0.6) is 0 Å². The second kappa shape index (κ2) is 7.39. The van der Waals surface area contributed by atoms with E-state index in [1.165, 1.54) is 0 Å². The first-order chi connectivity index (χ1) is 7.77. The Balaban J connectivity index is 2.45. The van der Waals surface area contributed by atoms with Gasteiger partial charge in [-0.05, 0) is 12.1 Å². The molecule has 0 bridgehead atoms. The molecule has 0 fully saturated rings. The van der Waals surface area contributed by atoms with Crippen molar-refractivity contribution in [2.24, 2.45) is 0 Å². The lowest BCUT2D eigenvalue weighted by Crippen LogP contribution is -2.31. The number of hydrogen-bond donors (Lipinski definition) is 1. The average molecular weight is 223 g/mol. The highest BCUT2D eigenvalue weighted by atomic mass is 16.5. The van der Waals surface area contributed by atoms with Crippen molar-refractivity contribution in [1.29, 1.82) is 0 Å². The highest BCUT2D eigenvalue weighted by Crippen LogP contribution is 2.13. The van der Waals surface area contributed by atoms with Crippen molar-refractivity contribution in [3.8, 4) is 0 Å². The van der Waals surface area contributed by atoms with E-state index in [1.54, 1.807) is 7.11 Å². The predicted octanol–water partition coefficient (Wildman–Crippen LogP) is 1.69. The molecule has 90 valence electrons. The number of aliphatic hydroxyl groups excluding tert-OH is 1. The summed E-state index contributed by atoms with van der Waals surface area (Å²) in [6.07, 6.45) is -0.419. The Labute approximate surface area is 97.7 Å². The molecule has 1 aromatic carbocycles. The summed E-state index contributed by atoms with van der Waals surface area (Å²) in [6, 6.07) is 9.76. The van der Waals surface area contributed by atoms with Gasteiger partial charge in [0.25, 0.3) is 0 Å². The molecule has 3 heteroatoms. The maximum atomic E-state index is 10.0. The van der Waals surface area contributed by atoms with E-state index >= 15 is 0 Å². The fraction of sp³-hybridized carbons (Fsp3) is 0.538. The summed E-state index contributed by atoms with van der Waals surface area (Å²) in [5.74, 6) is 0. The van der Waals surface area contributed by atoms with Crippen LogP contribution in [-0.4, -0.2) is 43.4 Å². The maximum Gasteiger partial charge on any atom is 0.0916 e. The predicted molar refractivity (Wildman–Crippen MR) is 65.4 cm³/mol. The Hall–Kier alpha value is -0.900. The number of ether oxygens (including phenoxy) is 1. The largest absolute Gasteiger partial charge is 0.387 e. The van der Waals surface area contributed by atoms with Crippen LogP contribution in [0.4, 0.5) is 0 Å². The summed E-state index contributed by atoms with van der Waals surface area (Å²) in [5.41, 5.74) is 0.971. The molecule has 1 atom stereocenters. The van der Waals surface area contributed by atoms with Gasteiger partial charge in [0.2, 0.25) is 0 Å². The molecule has 0 aliphatic rings. The standard InChI is InChI=1S/C13H21NO2/c1-3-14(9-10-16-2)11-13(15)12-7-5-4-6-8-12/h4-8,13,15H,3,9-11H2,1-2H3. The summed E-state index contributed by atoms with van der Waals surface area (Å²) in [7, 11) is 1.70. The minimum Gasteiger partial charge on any atom is -0.387 e. The van der Waals surface area contributed by atoms with Gasteiger partial charge in [0.1, 0.15) is 0 Å². The van der Waals surface area contributed by atoms with Crippen molar-refractivity contribution >= 4 is 0 Å². The number of hydrogen-bond acceptors (Lipinski definition) is 3. The van der Waals surface area contributed by atoms with Crippen molar-refractivity contribution in [3.05, 3.63) is 35.9 Å². The Bertz CT molecular complexity index is 277. The number of nitrogens with zero attached hydrogens (tertiary/aromatic N) is 1. The third-order valence-electron chi connectivity index (χ3n) is 2.67. The highest BCUT2D eigenvalue weighted by molar-refractivity contribution is 5.17. The molecule has 3 nitrogen and oxygen atoms in total. The smallest absolute Gasteiger partial charge is 0.0916 e. The van der Waals surface area contributed by atoms with Gasteiger partial charge in [-0.15, -0.1) is 0 Å². The van der Waals surface area contributed by atoms with E-state index in [1.807, 2.05) is 30.3 Å². The lowest BCUT2D eigenvalue weighted by Gasteiger charge is -2.23. The summed E-state index contributed by atoms with van der Waals surface area (Å²) < 4.78 is 5.04.